The van der Waals surface area contributed by atoms with E-state index in [1.807, 2.05) is 42.5 Å². The SMILES string of the molecule is O=C(CCOc1ccccc1)Nc1ccc2c(c1)OCCCO2. The maximum absolute atomic E-state index is 12.0. The van der Waals surface area contributed by atoms with Gasteiger partial charge in [-0.05, 0) is 24.3 Å². The minimum atomic E-state index is -0.101. The number of rotatable bonds is 5. The van der Waals surface area contributed by atoms with Crippen LogP contribution in [0.1, 0.15) is 12.8 Å². The Hall–Kier alpha value is -2.69. The number of carbonyl (C=O) groups excluding carboxylic acids is 1. The average Bonchev–Trinajstić information content (AvgIpc) is 2.81. The molecule has 3 rings (SSSR count). The minimum absolute atomic E-state index is 0.101. The normalized spacial score (nSPS) is 13.0. The molecule has 1 heterocycles. The van der Waals surface area contributed by atoms with Crippen molar-refractivity contribution in [1.29, 1.82) is 0 Å². The zero-order chi connectivity index (χ0) is 15.9. The summed E-state index contributed by atoms with van der Waals surface area (Å²) in [6, 6.07) is 14.9. The molecule has 1 amide bonds. The Morgan fingerprint density at radius 3 is 2.65 bits per heavy atom. The van der Waals surface area contributed by atoms with Crippen LogP contribution < -0.4 is 19.5 Å². The molecular weight excluding hydrogens is 294 g/mol. The maximum Gasteiger partial charge on any atom is 0.227 e. The summed E-state index contributed by atoms with van der Waals surface area (Å²) in [5.41, 5.74) is 0.693. The lowest BCUT2D eigenvalue weighted by molar-refractivity contribution is -0.116. The number of fused-ring (bicyclic) bond motifs is 1. The van der Waals surface area contributed by atoms with E-state index in [4.69, 9.17) is 14.2 Å². The standard InChI is InChI=1S/C18H19NO4/c20-18(9-12-21-15-5-2-1-3-6-15)19-14-7-8-16-17(13-14)23-11-4-10-22-16/h1-3,5-8,13H,4,9-12H2,(H,19,20). The highest BCUT2D eigenvalue weighted by Gasteiger charge is 2.11. The van der Waals surface area contributed by atoms with Gasteiger partial charge >= 0.3 is 0 Å². The fourth-order valence-electron chi connectivity index (χ4n) is 2.24. The van der Waals surface area contributed by atoms with Crippen molar-refractivity contribution >= 4 is 11.6 Å². The van der Waals surface area contributed by atoms with Gasteiger partial charge in [0.25, 0.3) is 0 Å². The van der Waals surface area contributed by atoms with E-state index in [0.717, 1.165) is 12.2 Å². The number of anilines is 1. The highest BCUT2D eigenvalue weighted by Crippen LogP contribution is 2.32. The van der Waals surface area contributed by atoms with Gasteiger partial charge in [0.15, 0.2) is 11.5 Å². The molecule has 5 heteroatoms. The summed E-state index contributed by atoms with van der Waals surface area (Å²) in [5, 5.41) is 2.84. The highest BCUT2D eigenvalue weighted by molar-refractivity contribution is 5.91. The maximum atomic E-state index is 12.0. The van der Waals surface area contributed by atoms with E-state index in [9.17, 15) is 4.79 Å². The van der Waals surface area contributed by atoms with Crippen molar-refractivity contribution in [2.75, 3.05) is 25.1 Å². The summed E-state index contributed by atoms with van der Waals surface area (Å²) in [6.07, 6.45) is 1.14. The van der Waals surface area contributed by atoms with Gasteiger partial charge in [0.05, 0.1) is 26.2 Å². The van der Waals surface area contributed by atoms with Crippen LogP contribution in [0.4, 0.5) is 5.69 Å². The summed E-state index contributed by atoms with van der Waals surface area (Å²) in [7, 11) is 0. The molecule has 2 aromatic carbocycles. The first-order chi connectivity index (χ1) is 11.3. The first-order valence-corrected chi connectivity index (χ1v) is 7.68. The van der Waals surface area contributed by atoms with Gasteiger partial charge in [-0.2, -0.15) is 0 Å². The lowest BCUT2D eigenvalue weighted by Gasteiger charge is -2.11. The predicted octanol–water partition coefficient (Wildman–Crippen LogP) is 3.26. The lowest BCUT2D eigenvalue weighted by atomic mass is 10.2. The monoisotopic (exact) mass is 313 g/mol. The van der Waals surface area contributed by atoms with Crippen LogP contribution in [0.2, 0.25) is 0 Å². The molecule has 0 aromatic heterocycles. The van der Waals surface area contributed by atoms with Crippen LogP contribution in [0.15, 0.2) is 48.5 Å². The van der Waals surface area contributed by atoms with Crippen LogP contribution in [-0.2, 0) is 4.79 Å². The second-order valence-corrected chi connectivity index (χ2v) is 5.17. The molecule has 23 heavy (non-hydrogen) atoms. The largest absolute Gasteiger partial charge is 0.493 e. The summed E-state index contributed by atoms with van der Waals surface area (Å²) in [5.74, 6) is 2.04. The van der Waals surface area contributed by atoms with Gasteiger partial charge < -0.3 is 19.5 Å². The number of amides is 1. The third-order valence-corrected chi connectivity index (χ3v) is 3.37. The number of hydrogen-bond acceptors (Lipinski definition) is 4. The summed E-state index contributed by atoms with van der Waals surface area (Å²) >= 11 is 0. The first kappa shape index (κ1) is 15.2. The smallest absolute Gasteiger partial charge is 0.227 e. The molecule has 1 aliphatic heterocycles. The Morgan fingerprint density at radius 2 is 1.83 bits per heavy atom. The van der Waals surface area contributed by atoms with Gasteiger partial charge in [0.1, 0.15) is 5.75 Å². The Bertz CT molecular complexity index is 657. The zero-order valence-electron chi connectivity index (χ0n) is 12.8. The van der Waals surface area contributed by atoms with Crippen LogP contribution in [0.5, 0.6) is 17.2 Å². The third-order valence-electron chi connectivity index (χ3n) is 3.37. The molecule has 2 aromatic rings. The zero-order valence-corrected chi connectivity index (χ0v) is 12.8. The molecule has 5 nitrogen and oxygen atoms in total. The molecular formula is C18H19NO4. The molecule has 120 valence electrons. The van der Waals surface area contributed by atoms with Gasteiger partial charge in [0.2, 0.25) is 5.91 Å². The average molecular weight is 313 g/mol. The molecule has 0 bridgehead atoms. The van der Waals surface area contributed by atoms with E-state index in [1.165, 1.54) is 0 Å². The molecule has 0 aliphatic carbocycles. The van der Waals surface area contributed by atoms with Crippen molar-refractivity contribution in [2.24, 2.45) is 0 Å². The molecule has 0 fully saturated rings. The Morgan fingerprint density at radius 1 is 1.04 bits per heavy atom. The van der Waals surface area contributed by atoms with Crippen LogP contribution in [0, 0.1) is 0 Å². The highest BCUT2D eigenvalue weighted by atomic mass is 16.5. The Kier molecular flexibility index (Phi) is 4.99. The fraction of sp³-hybridized carbons (Fsp3) is 0.278. The number of ether oxygens (including phenoxy) is 3. The number of carbonyl (C=O) groups is 1. The lowest BCUT2D eigenvalue weighted by Crippen LogP contribution is -2.15. The van der Waals surface area contributed by atoms with E-state index >= 15 is 0 Å². The molecule has 0 saturated heterocycles. The first-order valence-electron chi connectivity index (χ1n) is 7.68. The Balaban J connectivity index is 1.50. The van der Waals surface area contributed by atoms with Crippen LogP contribution >= 0.6 is 0 Å². The predicted molar refractivity (Wildman–Crippen MR) is 87.2 cm³/mol. The van der Waals surface area contributed by atoms with Crippen molar-refractivity contribution in [3.63, 3.8) is 0 Å². The van der Waals surface area contributed by atoms with Gasteiger partial charge in [-0.3, -0.25) is 4.79 Å². The number of nitrogens with one attached hydrogen (secondary N) is 1. The number of benzene rings is 2. The number of hydrogen-bond donors (Lipinski definition) is 1. The molecule has 0 unspecified atom stereocenters. The van der Waals surface area contributed by atoms with E-state index < -0.39 is 0 Å². The van der Waals surface area contributed by atoms with Crippen LogP contribution in [0.3, 0.4) is 0 Å². The Labute approximate surface area is 135 Å². The minimum Gasteiger partial charge on any atom is -0.493 e. The third kappa shape index (κ3) is 4.39. The van der Waals surface area contributed by atoms with Gasteiger partial charge in [-0.1, -0.05) is 18.2 Å². The van der Waals surface area contributed by atoms with E-state index in [0.29, 0.717) is 37.0 Å². The van der Waals surface area contributed by atoms with E-state index in [2.05, 4.69) is 5.32 Å². The second kappa shape index (κ2) is 7.54. The van der Waals surface area contributed by atoms with Crippen molar-refractivity contribution in [2.45, 2.75) is 12.8 Å². The molecule has 0 radical (unpaired) electrons. The number of para-hydroxylation sites is 1. The summed E-state index contributed by atoms with van der Waals surface area (Å²) < 4.78 is 16.7. The summed E-state index contributed by atoms with van der Waals surface area (Å²) in [6.45, 7) is 1.60. The molecule has 0 spiro atoms. The fourth-order valence-corrected chi connectivity index (χ4v) is 2.24. The van der Waals surface area contributed by atoms with E-state index in [1.54, 1.807) is 6.07 Å². The van der Waals surface area contributed by atoms with Crippen molar-refractivity contribution in [1.82, 2.24) is 0 Å². The van der Waals surface area contributed by atoms with Crippen LogP contribution in [0.25, 0.3) is 0 Å². The second-order valence-electron chi connectivity index (χ2n) is 5.17. The molecule has 0 saturated carbocycles. The van der Waals surface area contributed by atoms with Gasteiger partial charge in [0, 0.05) is 18.2 Å². The van der Waals surface area contributed by atoms with Crippen molar-refractivity contribution in [3.8, 4) is 17.2 Å². The van der Waals surface area contributed by atoms with Crippen molar-refractivity contribution < 1.29 is 19.0 Å². The summed E-state index contributed by atoms with van der Waals surface area (Å²) in [4.78, 5) is 12.0. The van der Waals surface area contributed by atoms with Gasteiger partial charge in [-0.25, -0.2) is 0 Å². The molecule has 0 atom stereocenters. The van der Waals surface area contributed by atoms with E-state index in [-0.39, 0.29) is 12.3 Å². The molecule has 1 aliphatic rings. The van der Waals surface area contributed by atoms with Gasteiger partial charge in [-0.15, -0.1) is 0 Å². The molecule has 1 N–H and O–H groups in total. The quantitative estimate of drug-likeness (QED) is 0.920. The van der Waals surface area contributed by atoms with Crippen LogP contribution in [-0.4, -0.2) is 25.7 Å². The van der Waals surface area contributed by atoms with Crippen molar-refractivity contribution in [3.05, 3.63) is 48.5 Å². The topological polar surface area (TPSA) is 56.8 Å².